The Morgan fingerprint density at radius 3 is 3.06 bits per heavy atom. The molecule has 2 rings (SSSR count). The number of rotatable bonds is 3. The maximum atomic E-state index is 11.9. The summed E-state index contributed by atoms with van der Waals surface area (Å²) in [4.78, 5) is 15.9. The lowest BCUT2D eigenvalue weighted by molar-refractivity contribution is -0.129. The monoisotopic (exact) mass is 224 g/mol. The highest BCUT2D eigenvalue weighted by Crippen LogP contribution is 2.24. The molecule has 1 fully saturated rings. The Morgan fingerprint density at radius 1 is 1.69 bits per heavy atom. The average Bonchev–Trinajstić information content (AvgIpc) is 2.85. The second kappa shape index (κ2) is 4.21. The number of aromatic nitrogens is 2. The fraction of sp³-hybridized carbons (Fsp3) is 0.700. The highest BCUT2D eigenvalue weighted by atomic mass is 16.5. The summed E-state index contributed by atoms with van der Waals surface area (Å²) in [5, 5.41) is 9.74. The zero-order chi connectivity index (χ0) is 11.6. The molecule has 2 heterocycles. The molecule has 1 amide bonds. The van der Waals surface area contributed by atoms with Gasteiger partial charge in [-0.3, -0.25) is 4.79 Å². The van der Waals surface area contributed by atoms with E-state index in [-0.39, 0.29) is 11.3 Å². The van der Waals surface area contributed by atoms with Crippen molar-refractivity contribution in [2.45, 2.75) is 26.8 Å². The maximum absolute atomic E-state index is 11.9. The minimum Gasteiger partial charge on any atom is -0.348 e. The van der Waals surface area contributed by atoms with Gasteiger partial charge in [-0.15, -0.1) is 0 Å². The lowest BCUT2D eigenvalue weighted by atomic mass is 9.89. The normalized spacial score (nSPS) is 24.6. The largest absolute Gasteiger partial charge is 0.348 e. The van der Waals surface area contributed by atoms with Gasteiger partial charge in [0.05, 0.1) is 12.0 Å². The Kier molecular flexibility index (Phi) is 2.91. The van der Waals surface area contributed by atoms with Crippen molar-refractivity contribution in [2.75, 3.05) is 13.1 Å². The van der Waals surface area contributed by atoms with Crippen molar-refractivity contribution in [1.82, 2.24) is 20.8 Å². The van der Waals surface area contributed by atoms with Crippen LogP contribution in [0.2, 0.25) is 0 Å². The summed E-state index contributed by atoms with van der Waals surface area (Å²) in [6.45, 7) is 5.63. The van der Waals surface area contributed by atoms with Gasteiger partial charge in [0.2, 0.25) is 11.8 Å². The molecule has 1 saturated heterocycles. The van der Waals surface area contributed by atoms with Gasteiger partial charge in [-0.2, -0.15) is 4.98 Å². The second-order valence-electron chi connectivity index (χ2n) is 4.40. The van der Waals surface area contributed by atoms with E-state index >= 15 is 0 Å². The van der Waals surface area contributed by atoms with Gasteiger partial charge in [0.15, 0.2) is 5.82 Å². The molecule has 0 saturated carbocycles. The van der Waals surface area contributed by atoms with E-state index in [9.17, 15) is 4.79 Å². The summed E-state index contributed by atoms with van der Waals surface area (Å²) in [6.07, 6.45) is 0.865. The molecule has 1 unspecified atom stereocenters. The number of aryl methyl sites for hydroxylation is 1. The molecule has 1 aliphatic rings. The summed E-state index contributed by atoms with van der Waals surface area (Å²) in [5.74, 6) is 1.07. The van der Waals surface area contributed by atoms with Crippen LogP contribution in [0.3, 0.4) is 0 Å². The first kappa shape index (κ1) is 11.1. The van der Waals surface area contributed by atoms with Crippen LogP contribution in [0.15, 0.2) is 4.52 Å². The molecule has 6 heteroatoms. The molecular weight excluding hydrogens is 208 g/mol. The highest BCUT2D eigenvalue weighted by Gasteiger charge is 2.36. The Hall–Kier alpha value is -1.43. The Bertz CT molecular complexity index is 382. The van der Waals surface area contributed by atoms with Gasteiger partial charge in [0, 0.05) is 13.5 Å². The van der Waals surface area contributed by atoms with Gasteiger partial charge < -0.3 is 15.2 Å². The fourth-order valence-corrected chi connectivity index (χ4v) is 1.80. The second-order valence-corrected chi connectivity index (χ2v) is 4.40. The van der Waals surface area contributed by atoms with Crippen LogP contribution < -0.4 is 10.6 Å². The zero-order valence-electron chi connectivity index (χ0n) is 9.54. The van der Waals surface area contributed by atoms with Crippen LogP contribution in [0.4, 0.5) is 0 Å². The SMILES string of the molecule is Cc1nc(CNC(=O)C2(C)CCNC2)no1. The predicted molar refractivity (Wildman–Crippen MR) is 56.5 cm³/mol. The predicted octanol–water partition coefficient (Wildman–Crippen LogP) is -0.00618. The van der Waals surface area contributed by atoms with Crippen molar-refractivity contribution in [3.63, 3.8) is 0 Å². The highest BCUT2D eigenvalue weighted by molar-refractivity contribution is 5.82. The van der Waals surface area contributed by atoms with E-state index in [1.54, 1.807) is 6.92 Å². The number of nitrogens with one attached hydrogen (secondary N) is 2. The lowest BCUT2D eigenvalue weighted by Crippen LogP contribution is -2.40. The van der Waals surface area contributed by atoms with Crippen molar-refractivity contribution in [1.29, 1.82) is 0 Å². The minimum absolute atomic E-state index is 0.0416. The maximum Gasteiger partial charge on any atom is 0.227 e. The summed E-state index contributed by atoms with van der Waals surface area (Å²) in [5.41, 5.74) is -0.307. The number of nitrogens with zero attached hydrogens (tertiary/aromatic N) is 2. The molecule has 0 aliphatic carbocycles. The number of carbonyl (C=O) groups is 1. The minimum atomic E-state index is -0.307. The van der Waals surface area contributed by atoms with Crippen LogP contribution in [0.25, 0.3) is 0 Å². The number of carbonyl (C=O) groups excluding carboxylic acids is 1. The van der Waals surface area contributed by atoms with Crippen LogP contribution in [0.5, 0.6) is 0 Å². The van der Waals surface area contributed by atoms with E-state index in [1.807, 2.05) is 6.92 Å². The van der Waals surface area contributed by atoms with E-state index in [0.29, 0.717) is 18.3 Å². The van der Waals surface area contributed by atoms with Gasteiger partial charge >= 0.3 is 0 Å². The number of hydrogen-bond donors (Lipinski definition) is 2. The third kappa shape index (κ3) is 2.21. The quantitative estimate of drug-likeness (QED) is 0.755. The van der Waals surface area contributed by atoms with Crippen molar-refractivity contribution in [3.8, 4) is 0 Å². The van der Waals surface area contributed by atoms with Crippen molar-refractivity contribution in [3.05, 3.63) is 11.7 Å². The van der Waals surface area contributed by atoms with Crippen molar-refractivity contribution in [2.24, 2.45) is 5.41 Å². The first-order valence-electron chi connectivity index (χ1n) is 5.38. The van der Waals surface area contributed by atoms with Gasteiger partial charge in [0.25, 0.3) is 0 Å². The van der Waals surface area contributed by atoms with Crippen molar-refractivity contribution >= 4 is 5.91 Å². The molecule has 6 nitrogen and oxygen atoms in total. The van der Waals surface area contributed by atoms with Gasteiger partial charge in [-0.1, -0.05) is 5.16 Å². The molecular formula is C10H16N4O2. The Balaban J connectivity index is 1.88. The van der Waals surface area contributed by atoms with Crippen LogP contribution >= 0.6 is 0 Å². The first-order valence-corrected chi connectivity index (χ1v) is 5.38. The fourth-order valence-electron chi connectivity index (χ4n) is 1.80. The van der Waals surface area contributed by atoms with E-state index in [4.69, 9.17) is 4.52 Å². The molecule has 2 N–H and O–H groups in total. The summed E-state index contributed by atoms with van der Waals surface area (Å²) in [6, 6.07) is 0. The molecule has 1 aromatic heterocycles. The third-order valence-corrected chi connectivity index (χ3v) is 2.89. The van der Waals surface area contributed by atoms with Crippen LogP contribution in [0.1, 0.15) is 25.1 Å². The van der Waals surface area contributed by atoms with E-state index < -0.39 is 0 Å². The molecule has 88 valence electrons. The lowest BCUT2D eigenvalue weighted by Gasteiger charge is -2.20. The zero-order valence-corrected chi connectivity index (χ0v) is 9.54. The van der Waals surface area contributed by atoms with Crippen molar-refractivity contribution < 1.29 is 9.32 Å². The molecule has 1 atom stereocenters. The molecule has 0 spiro atoms. The third-order valence-electron chi connectivity index (χ3n) is 2.89. The summed E-state index contributed by atoms with van der Waals surface area (Å²) < 4.78 is 4.82. The van der Waals surface area contributed by atoms with Crippen LogP contribution in [-0.2, 0) is 11.3 Å². The van der Waals surface area contributed by atoms with E-state index in [0.717, 1.165) is 19.5 Å². The topological polar surface area (TPSA) is 80.0 Å². The average molecular weight is 224 g/mol. The standard InChI is InChI=1S/C10H16N4O2/c1-7-13-8(14-16-7)5-12-9(15)10(2)3-4-11-6-10/h11H,3-6H2,1-2H3,(H,12,15). The molecule has 1 aliphatic heterocycles. The first-order chi connectivity index (χ1) is 7.60. The van der Waals surface area contributed by atoms with E-state index in [1.165, 1.54) is 0 Å². The molecule has 0 radical (unpaired) electrons. The summed E-state index contributed by atoms with van der Waals surface area (Å²) in [7, 11) is 0. The molecule has 1 aromatic rings. The number of hydrogen-bond acceptors (Lipinski definition) is 5. The molecule has 0 bridgehead atoms. The van der Waals surface area contributed by atoms with Gasteiger partial charge in [-0.05, 0) is 19.9 Å². The summed E-state index contributed by atoms with van der Waals surface area (Å²) >= 11 is 0. The smallest absolute Gasteiger partial charge is 0.227 e. The molecule has 0 aromatic carbocycles. The number of amides is 1. The Morgan fingerprint density at radius 2 is 2.50 bits per heavy atom. The Labute approximate surface area is 93.8 Å². The van der Waals surface area contributed by atoms with Crippen LogP contribution in [0, 0.1) is 12.3 Å². The molecule has 16 heavy (non-hydrogen) atoms. The van der Waals surface area contributed by atoms with Crippen LogP contribution in [-0.4, -0.2) is 29.1 Å². The van der Waals surface area contributed by atoms with E-state index in [2.05, 4.69) is 20.8 Å². The van der Waals surface area contributed by atoms with Gasteiger partial charge in [-0.25, -0.2) is 0 Å². The van der Waals surface area contributed by atoms with Gasteiger partial charge in [0.1, 0.15) is 0 Å².